The molecule has 0 amide bonds. The van der Waals surface area contributed by atoms with Gasteiger partial charge in [-0.05, 0) is 44.6 Å². The molecule has 0 spiro atoms. The first-order chi connectivity index (χ1) is 8.52. The molecule has 0 bridgehead atoms. The molecule has 2 rings (SSSR count). The molecule has 3 nitrogen and oxygen atoms in total. The van der Waals surface area contributed by atoms with Gasteiger partial charge >= 0.3 is 5.97 Å². The summed E-state index contributed by atoms with van der Waals surface area (Å²) in [6, 6.07) is 0. The average Bonchev–Trinajstić information content (AvgIpc) is 2.23. The predicted molar refractivity (Wildman–Crippen MR) is 72.5 cm³/mol. The lowest BCUT2D eigenvalue weighted by Crippen LogP contribution is -2.46. The van der Waals surface area contributed by atoms with Crippen molar-refractivity contribution in [3.63, 3.8) is 0 Å². The van der Waals surface area contributed by atoms with Crippen LogP contribution in [0.25, 0.3) is 0 Å². The Labute approximate surface area is 111 Å². The van der Waals surface area contributed by atoms with Crippen molar-refractivity contribution >= 4 is 5.97 Å². The van der Waals surface area contributed by atoms with E-state index in [9.17, 15) is 9.90 Å². The van der Waals surface area contributed by atoms with Crippen LogP contribution in [0.1, 0.15) is 51.9 Å². The standard InChI is InChI=1S/C15H27NO2/c1-12-5-4-8-15(9-12,14(17)18)11-16(2)10-13-6-3-7-13/h12-13H,3-11H2,1-2H3,(H,17,18). The van der Waals surface area contributed by atoms with E-state index in [1.165, 1.54) is 25.7 Å². The van der Waals surface area contributed by atoms with Crippen LogP contribution in [0, 0.1) is 17.3 Å². The maximum Gasteiger partial charge on any atom is 0.310 e. The number of hydrogen-bond donors (Lipinski definition) is 1. The highest BCUT2D eigenvalue weighted by Gasteiger charge is 2.42. The van der Waals surface area contributed by atoms with E-state index in [-0.39, 0.29) is 0 Å². The smallest absolute Gasteiger partial charge is 0.310 e. The Balaban J connectivity index is 1.94. The molecule has 0 saturated heterocycles. The summed E-state index contributed by atoms with van der Waals surface area (Å²) < 4.78 is 0. The van der Waals surface area contributed by atoms with Crippen molar-refractivity contribution in [3.05, 3.63) is 0 Å². The zero-order valence-corrected chi connectivity index (χ0v) is 11.8. The van der Waals surface area contributed by atoms with Crippen molar-refractivity contribution in [1.29, 1.82) is 0 Å². The summed E-state index contributed by atoms with van der Waals surface area (Å²) in [4.78, 5) is 14.0. The SMILES string of the molecule is CC1CCCC(CN(C)CC2CCC2)(C(=O)O)C1. The summed E-state index contributed by atoms with van der Waals surface area (Å²) in [6.07, 6.45) is 8.02. The molecule has 2 atom stereocenters. The van der Waals surface area contributed by atoms with Gasteiger partial charge in [-0.25, -0.2) is 0 Å². The van der Waals surface area contributed by atoms with Crippen LogP contribution in [-0.2, 0) is 4.79 Å². The molecule has 2 aliphatic rings. The van der Waals surface area contributed by atoms with E-state index in [1.807, 2.05) is 0 Å². The fourth-order valence-corrected chi connectivity index (χ4v) is 3.76. The van der Waals surface area contributed by atoms with Crippen LogP contribution in [0.2, 0.25) is 0 Å². The largest absolute Gasteiger partial charge is 0.481 e. The highest BCUT2D eigenvalue weighted by atomic mass is 16.4. The Morgan fingerprint density at radius 1 is 1.33 bits per heavy atom. The molecule has 2 saturated carbocycles. The van der Waals surface area contributed by atoms with Gasteiger partial charge in [0, 0.05) is 13.1 Å². The number of nitrogens with zero attached hydrogens (tertiary/aromatic N) is 1. The molecule has 2 aliphatic carbocycles. The van der Waals surface area contributed by atoms with Crippen LogP contribution in [-0.4, -0.2) is 36.1 Å². The fourth-order valence-electron chi connectivity index (χ4n) is 3.76. The summed E-state index contributed by atoms with van der Waals surface area (Å²) in [6.45, 7) is 4.02. The van der Waals surface area contributed by atoms with Crippen molar-refractivity contribution in [1.82, 2.24) is 4.90 Å². The van der Waals surface area contributed by atoms with Crippen molar-refractivity contribution in [2.45, 2.75) is 51.9 Å². The van der Waals surface area contributed by atoms with Crippen LogP contribution in [0.4, 0.5) is 0 Å². The molecule has 0 aromatic rings. The van der Waals surface area contributed by atoms with E-state index in [1.54, 1.807) is 0 Å². The van der Waals surface area contributed by atoms with Gasteiger partial charge < -0.3 is 10.0 Å². The predicted octanol–water partition coefficient (Wildman–Crippen LogP) is 3.00. The molecule has 2 fully saturated rings. The van der Waals surface area contributed by atoms with Crippen molar-refractivity contribution in [2.75, 3.05) is 20.1 Å². The van der Waals surface area contributed by atoms with Gasteiger partial charge in [-0.1, -0.05) is 26.2 Å². The molecule has 18 heavy (non-hydrogen) atoms. The van der Waals surface area contributed by atoms with Crippen LogP contribution in [0.5, 0.6) is 0 Å². The summed E-state index contributed by atoms with van der Waals surface area (Å²) >= 11 is 0. The monoisotopic (exact) mass is 253 g/mol. The second kappa shape index (κ2) is 5.60. The van der Waals surface area contributed by atoms with Crippen LogP contribution in [0.3, 0.4) is 0 Å². The average molecular weight is 253 g/mol. The Hall–Kier alpha value is -0.570. The van der Waals surface area contributed by atoms with Gasteiger partial charge in [-0.3, -0.25) is 4.79 Å². The zero-order chi connectivity index (χ0) is 13.2. The van der Waals surface area contributed by atoms with E-state index in [4.69, 9.17) is 0 Å². The van der Waals surface area contributed by atoms with E-state index < -0.39 is 11.4 Å². The minimum absolute atomic E-state index is 0.476. The lowest BCUT2D eigenvalue weighted by Gasteiger charge is -2.40. The summed E-state index contributed by atoms with van der Waals surface area (Å²) in [7, 11) is 2.10. The minimum Gasteiger partial charge on any atom is -0.481 e. The number of aliphatic carboxylic acids is 1. The quantitative estimate of drug-likeness (QED) is 0.819. The Morgan fingerprint density at radius 2 is 2.06 bits per heavy atom. The van der Waals surface area contributed by atoms with Gasteiger partial charge in [0.25, 0.3) is 0 Å². The number of carbonyl (C=O) groups is 1. The van der Waals surface area contributed by atoms with Crippen LogP contribution in [0.15, 0.2) is 0 Å². The molecule has 1 N–H and O–H groups in total. The Bertz CT molecular complexity index is 301. The third-order valence-corrected chi connectivity index (χ3v) is 4.91. The number of hydrogen-bond acceptors (Lipinski definition) is 2. The van der Waals surface area contributed by atoms with Gasteiger partial charge in [0.1, 0.15) is 0 Å². The van der Waals surface area contributed by atoms with Gasteiger partial charge in [0.2, 0.25) is 0 Å². The molecule has 3 heteroatoms. The van der Waals surface area contributed by atoms with E-state index in [0.29, 0.717) is 5.92 Å². The molecule has 104 valence electrons. The second-order valence-corrected chi connectivity index (χ2v) is 6.78. The molecule has 2 unspecified atom stereocenters. The topological polar surface area (TPSA) is 40.5 Å². The van der Waals surface area contributed by atoms with Gasteiger partial charge in [-0.2, -0.15) is 0 Å². The number of carboxylic acid groups (broad SMARTS) is 1. The fraction of sp³-hybridized carbons (Fsp3) is 0.933. The molecule has 0 aromatic heterocycles. The minimum atomic E-state index is -0.575. The number of rotatable bonds is 5. The lowest BCUT2D eigenvalue weighted by molar-refractivity contribution is -0.153. The van der Waals surface area contributed by atoms with Crippen LogP contribution >= 0.6 is 0 Å². The van der Waals surface area contributed by atoms with E-state index in [2.05, 4.69) is 18.9 Å². The molecule has 0 heterocycles. The Morgan fingerprint density at radius 3 is 2.56 bits per heavy atom. The normalized spacial score (nSPS) is 33.4. The summed E-state index contributed by atoms with van der Waals surface area (Å²) in [5.74, 6) is 0.809. The molecular weight excluding hydrogens is 226 g/mol. The highest BCUT2D eigenvalue weighted by molar-refractivity contribution is 5.75. The Kier molecular flexibility index (Phi) is 4.31. The van der Waals surface area contributed by atoms with Crippen molar-refractivity contribution in [3.8, 4) is 0 Å². The highest BCUT2D eigenvalue weighted by Crippen LogP contribution is 2.40. The molecular formula is C15H27NO2. The second-order valence-electron chi connectivity index (χ2n) is 6.78. The molecule has 0 aromatic carbocycles. The first-order valence-corrected chi connectivity index (χ1v) is 7.44. The first-order valence-electron chi connectivity index (χ1n) is 7.44. The maximum atomic E-state index is 11.7. The maximum absolute atomic E-state index is 11.7. The summed E-state index contributed by atoms with van der Waals surface area (Å²) in [5.41, 5.74) is -0.476. The van der Waals surface area contributed by atoms with Crippen molar-refractivity contribution in [2.24, 2.45) is 17.3 Å². The number of carboxylic acids is 1. The summed E-state index contributed by atoms with van der Waals surface area (Å²) in [5, 5.41) is 9.63. The van der Waals surface area contributed by atoms with E-state index >= 15 is 0 Å². The van der Waals surface area contributed by atoms with Gasteiger partial charge in [-0.15, -0.1) is 0 Å². The molecule has 0 aliphatic heterocycles. The first kappa shape index (κ1) is 13.9. The van der Waals surface area contributed by atoms with E-state index in [0.717, 1.165) is 38.3 Å². The third-order valence-electron chi connectivity index (χ3n) is 4.91. The lowest BCUT2D eigenvalue weighted by atomic mass is 9.69. The van der Waals surface area contributed by atoms with Crippen molar-refractivity contribution < 1.29 is 9.90 Å². The molecule has 0 radical (unpaired) electrons. The zero-order valence-electron chi connectivity index (χ0n) is 11.8. The van der Waals surface area contributed by atoms with Crippen LogP contribution < -0.4 is 0 Å². The van der Waals surface area contributed by atoms with Gasteiger partial charge in [0.05, 0.1) is 5.41 Å². The van der Waals surface area contributed by atoms with Gasteiger partial charge in [0.15, 0.2) is 0 Å². The third kappa shape index (κ3) is 3.05.